The van der Waals surface area contributed by atoms with Crippen LogP contribution in [-0.2, 0) is 19.1 Å². The van der Waals surface area contributed by atoms with Gasteiger partial charge in [-0.25, -0.2) is 0 Å². The van der Waals surface area contributed by atoms with Crippen LogP contribution in [-0.4, -0.2) is 110 Å². The zero-order valence-corrected chi connectivity index (χ0v) is 47.2. The third-order valence-electron chi connectivity index (χ3n) is 14.7. The molecule has 0 bridgehead atoms. The Kier molecular flexibility index (Phi) is 53.0. The number of nitrogens with zero attached hydrogens (tertiary/aromatic N) is 2. The van der Waals surface area contributed by atoms with Crippen molar-refractivity contribution < 1.29 is 29.3 Å². The van der Waals surface area contributed by atoms with Gasteiger partial charge in [0.15, 0.2) is 0 Å². The highest BCUT2D eigenvalue weighted by Crippen LogP contribution is 2.22. The van der Waals surface area contributed by atoms with Crippen LogP contribution in [0.25, 0.3) is 0 Å². The van der Waals surface area contributed by atoms with E-state index >= 15 is 0 Å². The molecule has 70 heavy (non-hydrogen) atoms. The Bertz CT molecular complexity index is 1000. The summed E-state index contributed by atoms with van der Waals surface area (Å²) in [7, 11) is 0. The zero-order valence-electron chi connectivity index (χ0n) is 47.2. The van der Waals surface area contributed by atoms with Crippen molar-refractivity contribution in [2.45, 2.75) is 297 Å². The van der Waals surface area contributed by atoms with Crippen LogP contribution in [0.15, 0.2) is 0 Å². The average molecular weight is 996 g/mol. The van der Waals surface area contributed by atoms with Crippen molar-refractivity contribution in [3.8, 4) is 0 Å². The van der Waals surface area contributed by atoms with Gasteiger partial charge in [0.25, 0.3) is 0 Å². The molecule has 0 aromatic carbocycles. The maximum absolute atomic E-state index is 12.9. The highest BCUT2D eigenvalue weighted by Gasteiger charge is 2.17. The molecule has 0 aromatic heterocycles. The Balaban J connectivity index is 4.83. The van der Waals surface area contributed by atoms with E-state index in [1.165, 1.54) is 180 Å². The minimum absolute atomic E-state index is 0.0779. The number of esters is 2. The van der Waals surface area contributed by atoms with Gasteiger partial charge >= 0.3 is 11.9 Å². The van der Waals surface area contributed by atoms with Gasteiger partial charge in [-0.15, -0.1) is 0 Å². The number of hydrogen-bond donors (Lipinski definition) is 4. The number of unbranched alkanes of at least 4 members (excludes halogenated alkanes) is 27. The molecule has 0 radical (unpaired) electrons. The van der Waals surface area contributed by atoms with Crippen LogP contribution >= 0.6 is 0 Å². The molecule has 6 N–H and O–H groups in total. The predicted molar refractivity (Wildman–Crippen MR) is 299 cm³/mol. The Labute approximate surface area is 435 Å². The summed E-state index contributed by atoms with van der Waals surface area (Å²) in [5.41, 5.74) is 11.7. The van der Waals surface area contributed by atoms with Crippen LogP contribution in [0.3, 0.4) is 0 Å². The maximum atomic E-state index is 12.9. The molecule has 0 saturated heterocycles. The van der Waals surface area contributed by atoms with Gasteiger partial charge in [0.05, 0.1) is 25.4 Å². The number of nitrogens with two attached hydrogens (primary N) is 2. The van der Waals surface area contributed by atoms with E-state index in [0.29, 0.717) is 51.0 Å². The van der Waals surface area contributed by atoms with Crippen LogP contribution < -0.4 is 11.5 Å². The Hall–Kier alpha value is -1.30. The molecule has 10 nitrogen and oxygen atoms in total. The third kappa shape index (κ3) is 47.7. The van der Waals surface area contributed by atoms with Gasteiger partial charge in [0, 0.05) is 39.0 Å². The quantitative estimate of drug-likeness (QED) is 0.0342. The normalized spacial score (nSPS) is 13.6. The summed E-state index contributed by atoms with van der Waals surface area (Å²) in [5, 5.41) is 20.9. The van der Waals surface area contributed by atoms with E-state index in [2.05, 4.69) is 37.5 Å². The van der Waals surface area contributed by atoms with E-state index in [1.807, 2.05) is 0 Å². The second-order valence-electron chi connectivity index (χ2n) is 21.7. The highest BCUT2D eigenvalue weighted by molar-refractivity contribution is 5.69. The van der Waals surface area contributed by atoms with Crippen molar-refractivity contribution in [3.63, 3.8) is 0 Å². The van der Waals surface area contributed by atoms with Crippen LogP contribution in [0.2, 0.25) is 0 Å². The topological polar surface area (TPSA) is 152 Å². The number of carbonyl (C=O) groups excluding carboxylic acids is 2. The summed E-state index contributed by atoms with van der Waals surface area (Å²) in [5.74, 6) is 0.786. The highest BCUT2D eigenvalue weighted by atomic mass is 16.5. The van der Waals surface area contributed by atoms with E-state index in [-0.39, 0.29) is 25.0 Å². The molecule has 0 aromatic rings. The van der Waals surface area contributed by atoms with E-state index in [4.69, 9.17) is 20.9 Å². The van der Waals surface area contributed by atoms with Gasteiger partial charge in [-0.05, 0) is 102 Å². The SMILES string of the molecule is CCCCCCCCCCC(CCCCCCCC)COC(=O)CCCCN(CCCCN(CCCCC(=O)OCC(CCCCCCCC)CCCCCCCCCC)CC(O)CN)CC(O)CN. The Morgan fingerprint density at radius 1 is 0.371 bits per heavy atom. The van der Waals surface area contributed by atoms with Crippen LogP contribution in [0.4, 0.5) is 0 Å². The smallest absolute Gasteiger partial charge is 0.305 e. The predicted octanol–water partition coefficient (Wildman–Crippen LogP) is 14.2. The van der Waals surface area contributed by atoms with E-state index < -0.39 is 12.2 Å². The molecule has 0 saturated carbocycles. The zero-order chi connectivity index (χ0) is 51.4. The lowest BCUT2D eigenvalue weighted by Crippen LogP contribution is -2.39. The molecule has 4 atom stereocenters. The second kappa shape index (κ2) is 54.0. The number of rotatable bonds is 57. The first-order valence-electron chi connectivity index (χ1n) is 30.7. The molecule has 0 rings (SSSR count). The van der Waals surface area contributed by atoms with Gasteiger partial charge < -0.3 is 41.0 Å². The van der Waals surface area contributed by atoms with E-state index in [0.717, 1.165) is 90.4 Å². The Morgan fingerprint density at radius 3 is 0.871 bits per heavy atom. The van der Waals surface area contributed by atoms with Crippen molar-refractivity contribution in [2.75, 3.05) is 65.6 Å². The number of hydrogen-bond acceptors (Lipinski definition) is 10. The molecule has 0 aliphatic rings. The third-order valence-corrected chi connectivity index (χ3v) is 14.7. The van der Waals surface area contributed by atoms with Crippen molar-refractivity contribution in [1.29, 1.82) is 0 Å². The van der Waals surface area contributed by atoms with Gasteiger partial charge in [-0.1, -0.05) is 207 Å². The fraction of sp³-hybridized carbons (Fsp3) is 0.967. The summed E-state index contributed by atoms with van der Waals surface area (Å²) < 4.78 is 11.8. The van der Waals surface area contributed by atoms with Gasteiger partial charge in [-0.2, -0.15) is 0 Å². The van der Waals surface area contributed by atoms with Crippen LogP contribution in [0, 0.1) is 11.8 Å². The molecule has 10 heteroatoms. The molecule has 0 spiro atoms. The minimum atomic E-state index is -0.585. The largest absolute Gasteiger partial charge is 0.465 e. The molecule has 0 fully saturated rings. The molecule has 418 valence electrons. The molecule has 0 heterocycles. The molecule has 0 aliphatic heterocycles. The first-order valence-corrected chi connectivity index (χ1v) is 30.7. The van der Waals surface area contributed by atoms with Crippen LogP contribution in [0.5, 0.6) is 0 Å². The summed E-state index contributed by atoms with van der Waals surface area (Å²) in [6, 6.07) is 0. The lowest BCUT2D eigenvalue weighted by Gasteiger charge is -2.27. The van der Waals surface area contributed by atoms with E-state index in [1.54, 1.807) is 0 Å². The summed E-state index contributed by atoms with van der Waals surface area (Å²) in [6.45, 7) is 14.9. The second-order valence-corrected chi connectivity index (χ2v) is 21.7. The number of carbonyl (C=O) groups is 2. The average Bonchev–Trinajstić information content (AvgIpc) is 3.36. The molecule has 0 amide bonds. The monoisotopic (exact) mass is 995 g/mol. The number of aliphatic hydroxyl groups excluding tert-OH is 2. The molecular weight excluding hydrogens is 873 g/mol. The summed E-state index contributed by atoms with van der Waals surface area (Å²) >= 11 is 0. The van der Waals surface area contributed by atoms with Crippen LogP contribution in [0.1, 0.15) is 285 Å². The fourth-order valence-corrected chi connectivity index (χ4v) is 9.96. The van der Waals surface area contributed by atoms with E-state index in [9.17, 15) is 19.8 Å². The number of ether oxygens (including phenoxy) is 2. The van der Waals surface area contributed by atoms with Gasteiger partial charge in [0.1, 0.15) is 0 Å². The van der Waals surface area contributed by atoms with Crippen molar-refractivity contribution in [1.82, 2.24) is 9.80 Å². The lowest BCUT2D eigenvalue weighted by molar-refractivity contribution is -0.146. The summed E-state index contributed by atoms with van der Waals surface area (Å²) in [4.78, 5) is 30.4. The minimum Gasteiger partial charge on any atom is -0.465 e. The maximum Gasteiger partial charge on any atom is 0.305 e. The lowest BCUT2D eigenvalue weighted by atomic mass is 9.94. The molecule has 0 aliphatic carbocycles. The molecular formula is C60H122N4O6. The van der Waals surface area contributed by atoms with Crippen molar-refractivity contribution >= 4 is 11.9 Å². The number of aliphatic hydroxyl groups is 2. The summed E-state index contributed by atoms with van der Waals surface area (Å²) in [6.07, 6.45) is 46.2. The Morgan fingerprint density at radius 2 is 0.614 bits per heavy atom. The van der Waals surface area contributed by atoms with Gasteiger partial charge in [0.2, 0.25) is 0 Å². The first kappa shape index (κ1) is 68.7. The molecule has 4 unspecified atom stereocenters. The fourth-order valence-electron chi connectivity index (χ4n) is 9.96. The van der Waals surface area contributed by atoms with Crippen molar-refractivity contribution in [2.24, 2.45) is 23.3 Å². The van der Waals surface area contributed by atoms with Crippen molar-refractivity contribution in [3.05, 3.63) is 0 Å². The van der Waals surface area contributed by atoms with Gasteiger partial charge in [-0.3, -0.25) is 9.59 Å². The first-order chi connectivity index (χ1) is 34.2. The standard InChI is InChI=1S/C60H122N4O6/c1-5-9-13-17-21-23-27-31-41-55(39-29-25-19-15-11-7-3)53-69-59(67)43-33-35-45-63(51-57(65)49-61)47-37-38-48-64(52-58(66)50-62)46-36-34-44-60(68)70-54-56(40-30-26-20-16-12-8-4)42-32-28-24-22-18-14-10-6-2/h55-58,65-66H,5-54,61-62H2,1-4H3.